The van der Waals surface area contributed by atoms with Crippen LogP contribution < -0.4 is 5.73 Å². The first-order valence-corrected chi connectivity index (χ1v) is 5.04. The van der Waals surface area contributed by atoms with Crippen LogP contribution in [0.25, 0.3) is 0 Å². The number of rotatable bonds is 2. The molecule has 0 aromatic carbocycles. The zero-order valence-electron chi connectivity index (χ0n) is 7.57. The Hall–Kier alpha value is -0.830. The van der Waals surface area contributed by atoms with Gasteiger partial charge in [0.25, 0.3) is 0 Å². The monoisotopic (exact) mass is 178 g/mol. The SMILES string of the molecule is NCc1ncoc1C1C2CCCC21. The quantitative estimate of drug-likeness (QED) is 0.749. The zero-order valence-corrected chi connectivity index (χ0v) is 7.57. The second kappa shape index (κ2) is 2.58. The Bertz CT molecular complexity index is 310. The number of nitrogens with two attached hydrogens (primary N) is 1. The molecule has 0 bridgehead atoms. The number of hydrogen-bond donors (Lipinski definition) is 1. The third kappa shape index (κ3) is 0.967. The van der Waals surface area contributed by atoms with Gasteiger partial charge in [-0.1, -0.05) is 6.42 Å². The molecule has 0 spiro atoms. The molecule has 1 aromatic rings. The minimum Gasteiger partial charge on any atom is -0.448 e. The third-order valence-electron chi connectivity index (χ3n) is 3.58. The Morgan fingerprint density at radius 2 is 2.23 bits per heavy atom. The number of hydrogen-bond acceptors (Lipinski definition) is 3. The van der Waals surface area contributed by atoms with Crippen molar-refractivity contribution in [3.63, 3.8) is 0 Å². The molecule has 3 rings (SSSR count). The summed E-state index contributed by atoms with van der Waals surface area (Å²) in [5.74, 6) is 3.52. The minimum atomic E-state index is 0.516. The maximum atomic E-state index is 5.59. The first-order valence-electron chi connectivity index (χ1n) is 5.04. The predicted octanol–water partition coefficient (Wildman–Crippen LogP) is 1.65. The molecule has 3 heteroatoms. The number of nitrogens with zero attached hydrogens (tertiary/aromatic N) is 1. The molecule has 0 amide bonds. The average molecular weight is 178 g/mol. The molecule has 70 valence electrons. The molecule has 1 heterocycles. The van der Waals surface area contributed by atoms with Gasteiger partial charge < -0.3 is 10.2 Å². The van der Waals surface area contributed by atoms with Crippen molar-refractivity contribution in [1.82, 2.24) is 4.98 Å². The maximum absolute atomic E-state index is 5.59. The van der Waals surface area contributed by atoms with Crippen molar-refractivity contribution in [1.29, 1.82) is 0 Å². The van der Waals surface area contributed by atoms with Crippen LogP contribution in [0.1, 0.15) is 36.6 Å². The van der Waals surface area contributed by atoms with Crippen molar-refractivity contribution in [3.8, 4) is 0 Å². The molecule has 13 heavy (non-hydrogen) atoms. The molecule has 2 N–H and O–H groups in total. The second-order valence-corrected chi connectivity index (χ2v) is 4.15. The summed E-state index contributed by atoms with van der Waals surface area (Å²) in [5.41, 5.74) is 6.56. The first-order chi connectivity index (χ1) is 6.42. The Morgan fingerprint density at radius 3 is 2.92 bits per heavy atom. The summed E-state index contributed by atoms with van der Waals surface area (Å²) in [7, 11) is 0. The van der Waals surface area contributed by atoms with Crippen LogP contribution in [0.3, 0.4) is 0 Å². The highest BCUT2D eigenvalue weighted by Gasteiger charge is 2.55. The molecule has 0 aliphatic heterocycles. The van der Waals surface area contributed by atoms with Crippen molar-refractivity contribution < 1.29 is 4.42 Å². The molecule has 0 radical (unpaired) electrons. The lowest BCUT2D eigenvalue weighted by molar-refractivity contribution is 0.477. The molecule has 2 atom stereocenters. The summed E-state index contributed by atoms with van der Waals surface area (Å²) in [6.07, 6.45) is 5.68. The first kappa shape index (κ1) is 7.56. The molecule has 0 saturated heterocycles. The van der Waals surface area contributed by atoms with Gasteiger partial charge in [0.15, 0.2) is 6.39 Å². The van der Waals surface area contributed by atoms with Crippen LogP contribution in [-0.2, 0) is 6.54 Å². The van der Waals surface area contributed by atoms with Crippen molar-refractivity contribution in [3.05, 3.63) is 17.8 Å². The van der Waals surface area contributed by atoms with Gasteiger partial charge in [0, 0.05) is 12.5 Å². The molecule has 2 unspecified atom stereocenters. The summed E-state index contributed by atoms with van der Waals surface area (Å²) >= 11 is 0. The smallest absolute Gasteiger partial charge is 0.181 e. The predicted molar refractivity (Wildman–Crippen MR) is 48.0 cm³/mol. The topological polar surface area (TPSA) is 52.0 Å². The van der Waals surface area contributed by atoms with Crippen LogP contribution in [0.2, 0.25) is 0 Å². The molecular formula is C10H14N2O. The van der Waals surface area contributed by atoms with Gasteiger partial charge in [-0.3, -0.25) is 0 Å². The summed E-state index contributed by atoms with van der Waals surface area (Å²) in [5, 5.41) is 0. The number of oxazole rings is 1. The Balaban J connectivity index is 1.86. The number of aromatic nitrogens is 1. The lowest BCUT2D eigenvalue weighted by atomic mass is 10.1. The van der Waals surface area contributed by atoms with Crippen molar-refractivity contribution in [2.45, 2.75) is 31.7 Å². The van der Waals surface area contributed by atoms with E-state index in [4.69, 9.17) is 10.2 Å². The van der Waals surface area contributed by atoms with Crippen LogP contribution in [0.5, 0.6) is 0 Å². The Morgan fingerprint density at radius 1 is 1.46 bits per heavy atom. The van der Waals surface area contributed by atoms with Gasteiger partial charge in [0.2, 0.25) is 0 Å². The largest absolute Gasteiger partial charge is 0.448 e. The fraction of sp³-hybridized carbons (Fsp3) is 0.700. The van der Waals surface area contributed by atoms with E-state index in [0.29, 0.717) is 12.5 Å². The van der Waals surface area contributed by atoms with Crippen LogP contribution in [0, 0.1) is 11.8 Å². The van der Waals surface area contributed by atoms with E-state index in [2.05, 4.69) is 4.98 Å². The highest BCUT2D eigenvalue weighted by atomic mass is 16.3. The Kier molecular flexibility index (Phi) is 1.50. The average Bonchev–Trinajstić information content (AvgIpc) is 2.65. The van der Waals surface area contributed by atoms with Gasteiger partial charge in [0.05, 0.1) is 5.69 Å². The molecule has 3 nitrogen and oxygen atoms in total. The number of fused-ring (bicyclic) bond motifs is 1. The van der Waals surface area contributed by atoms with Crippen LogP contribution in [-0.4, -0.2) is 4.98 Å². The van der Waals surface area contributed by atoms with Crippen molar-refractivity contribution in [2.24, 2.45) is 17.6 Å². The van der Waals surface area contributed by atoms with E-state index in [1.54, 1.807) is 0 Å². The normalized spacial score (nSPS) is 36.2. The van der Waals surface area contributed by atoms with Gasteiger partial charge in [0.1, 0.15) is 5.76 Å². The molecule has 1 aromatic heterocycles. The summed E-state index contributed by atoms with van der Waals surface area (Å²) in [6.45, 7) is 0.516. The van der Waals surface area contributed by atoms with Crippen molar-refractivity contribution in [2.75, 3.05) is 0 Å². The van der Waals surface area contributed by atoms with E-state index in [1.807, 2.05) is 0 Å². The summed E-state index contributed by atoms with van der Waals surface area (Å²) in [6, 6.07) is 0. The maximum Gasteiger partial charge on any atom is 0.181 e. The highest BCUT2D eigenvalue weighted by Crippen LogP contribution is 2.63. The summed E-state index contributed by atoms with van der Waals surface area (Å²) < 4.78 is 5.42. The van der Waals surface area contributed by atoms with Gasteiger partial charge in [-0.25, -0.2) is 4.98 Å². The Labute approximate surface area is 77.3 Å². The minimum absolute atomic E-state index is 0.516. The fourth-order valence-electron chi connectivity index (χ4n) is 2.91. The van der Waals surface area contributed by atoms with E-state index >= 15 is 0 Å². The lowest BCUT2D eigenvalue weighted by Crippen LogP contribution is -2.00. The van der Waals surface area contributed by atoms with Crippen LogP contribution in [0.15, 0.2) is 10.8 Å². The molecular weight excluding hydrogens is 164 g/mol. The zero-order chi connectivity index (χ0) is 8.84. The standard InChI is InChI=1S/C10H14N2O/c11-4-8-10(13-5-12-8)9-6-2-1-3-7(6)9/h5-7,9H,1-4,11H2. The lowest BCUT2D eigenvalue weighted by Gasteiger charge is -2.00. The van der Waals surface area contributed by atoms with E-state index < -0.39 is 0 Å². The van der Waals surface area contributed by atoms with Gasteiger partial charge in [-0.2, -0.15) is 0 Å². The van der Waals surface area contributed by atoms with Gasteiger partial charge in [-0.15, -0.1) is 0 Å². The highest BCUT2D eigenvalue weighted by molar-refractivity contribution is 5.24. The van der Waals surface area contributed by atoms with E-state index in [0.717, 1.165) is 23.3 Å². The van der Waals surface area contributed by atoms with Crippen LogP contribution in [0.4, 0.5) is 0 Å². The van der Waals surface area contributed by atoms with Crippen molar-refractivity contribution >= 4 is 0 Å². The van der Waals surface area contributed by atoms with Crippen LogP contribution >= 0.6 is 0 Å². The fourth-order valence-corrected chi connectivity index (χ4v) is 2.91. The van der Waals surface area contributed by atoms with E-state index in [-0.39, 0.29) is 0 Å². The van der Waals surface area contributed by atoms with Gasteiger partial charge >= 0.3 is 0 Å². The molecule has 2 saturated carbocycles. The second-order valence-electron chi connectivity index (χ2n) is 4.15. The third-order valence-corrected chi connectivity index (χ3v) is 3.58. The molecule has 2 aliphatic carbocycles. The molecule has 2 fully saturated rings. The molecule has 2 aliphatic rings. The van der Waals surface area contributed by atoms with Gasteiger partial charge in [-0.05, 0) is 24.7 Å². The van der Waals surface area contributed by atoms with E-state index in [9.17, 15) is 0 Å². The summed E-state index contributed by atoms with van der Waals surface area (Å²) in [4.78, 5) is 4.13. The van der Waals surface area contributed by atoms with E-state index in [1.165, 1.54) is 25.7 Å².